The van der Waals surface area contributed by atoms with Gasteiger partial charge in [-0.05, 0) is 54.3 Å². The van der Waals surface area contributed by atoms with Crippen LogP contribution < -0.4 is 10.1 Å². The minimum Gasteiger partial charge on any atom is -0.482 e. The van der Waals surface area contributed by atoms with E-state index in [1.165, 1.54) is 6.42 Å². The molecule has 9 heteroatoms. The summed E-state index contributed by atoms with van der Waals surface area (Å²) < 4.78 is 6.62. The van der Waals surface area contributed by atoms with Gasteiger partial charge in [-0.1, -0.05) is 106 Å². The number of nitrogens with one attached hydrogen (secondary N) is 1. The molecule has 4 rings (SSSR count). The van der Waals surface area contributed by atoms with Gasteiger partial charge in [0.2, 0.25) is 5.91 Å². The highest BCUT2D eigenvalue weighted by atomic mass is 79.9. The number of halogens is 4. The lowest BCUT2D eigenvalue weighted by molar-refractivity contribution is -0.143. The molecule has 1 fully saturated rings. The van der Waals surface area contributed by atoms with Crippen molar-refractivity contribution < 1.29 is 14.3 Å². The number of ether oxygens (including phenoxy) is 1. The summed E-state index contributed by atoms with van der Waals surface area (Å²) in [5.41, 5.74) is 1.70. The molecule has 5 nitrogen and oxygen atoms in total. The maximum atomic E-state index is 13.8. The van der Waals surface area contributed by atoms with Crippen LogP contribution in [0.5, 0.6) is 5.75 Å². The second-order valence-electron chi connectivity index (χ2n) is 9.68. The molecule has 0 radical (unpaired) electrons. The summed E-state index contributed by atoms with van der Waals surface area (Å²) in [6.45, 7) is -0.132. The van der Waals surface area contributed by atoms with Crippen molar-refractivity contribution in [3.63, 3.8) is 0 Å². The Balaban J connectivity index is 1.63. The van der Waals surface area contributed by atoms with E-state index in [4.69, 9.17) is 39.5 Å². The van der Waals surface area contributed by atoms with Gasteiger partial charge >= 0.3 is 0 Å². The van der Waals surface area contributed by atoms with Gasteiger partial charge in [0.1, 0.15) is 11.8 Å². The van der Waals surface area contributed by atoms with E-state index in [0.29, 0.717) is 27.2 Å². The summed E-state index contributed by atoms with van der Waals surface area (Å²) in [5, 5.41) is 4.40. The molecule has 0 spiro atoms. The summed E-state index contributed by atoms with van der Waals surface area (Å²) in [7, 11) is 0. The van der Waals surface area contributed by atoms with Gasteiger partial charge in [-0.25, -0.2) is 0 Å². The van der Waals surface area contributed by atoms with Gasteiger partial charge in [0.05, 0.1) is 15.1 Å². The molecule has 1 aliphatic carbocycles. The molecule has 1 N–H and O–H groups in total. The Bertz CT molecular complexity index is 1290. The largest absolute Gasteiger partial charge is 0.482 e. The zero-order chi connectivity index (χ0) is 27.8. The molecule has 3 aromatic carbocycles. The topological polar surface area (TPSA) is 58.6 Å². The van der Waals surface area contributed by atoms with Gasteiger partial charge in [0, 0.05) is 23.5 Å². The molecule has 39 heavy (non-hydrogen) atoms. The van der Waals surface area contributed by atoms with Crippen LogP contribution >= 0.6 is 50.7 Å². The minimum absolute atomic E-state index is 0.101. The van der Waals surface area contributed by atoms with E-state index in [0.717, 1.165) is 41.3 Å². The summed E-state index contributed by atoms with van der Waals surface area (Å²) in [6, 6.07) is 19.4. The first-order valence-electron chi connectivity index (χ1n) is 13.0. The Labute approximate surface area is 252 Å². The third-order valence-corrected chi connectivity index (χ3v) is 8.33. The molecule has 2 amide bonds. The Hall–Kier alpha value is -2.25. The fraction of sp³-hybridized carbons (Fsp3) is 0.333. The first kappa shape index (κ1) is 29.7. The molecule has 1 saturated carbocycles. The second-order valence-corrected chi connectivity index (χ2v) is 11.8. The lowest BCUT2D eigenvalue weighted by Gasteiger charge is -2.33. The Kier molecular flexibility index (Phi) is 11.0. The van der Waals surface area contributed by atoms with Crippen LogP contribution in [0.3, 0.4) is 0 Å². The summed E-state index contributed by atoms with van der Waals surface area (Å²) in [6.07, 6.45) is 5.58. The van der Waals surface area contributed by atoms with Gasteiger partial charge in [-0.2, -0.15) is 0 Å². The highest BCUT2D eigenvalue weighted by Gasteiger charge is 2.32. The van der Waals surface area contributed by atoms with Crippen LogP contribution in [0.25, 0.3) is 0 Å². The minimum atomic E-state index is -0.764. The van der Waals surface area contributed by atoms with Gasteiger partial charge in [0.25, 0.3) is 5.91 Å². The molecule has 0 aliphatic heterocycles. The maximum Gasteiger partial charge on any atom is 0.261 e. The summed E-state index contributed by atoms with van der Waals surface area (Å²) in [4.78, 5) is 29.2. The quantitative estimate of drug-likeness (QED) is 0.243. The molecule has 0 aromatic heterocycles. The molecule has 1 unspecified atom stereocenters. The molecular formula is C30H30BrCl3N2O3. The van der Waals surface area contributed by atoms with Gasteiger partial charge in [-0.15, -0.1) is 0 Å². The third-order valence-electron chi connectivity index (χ3n) is 6.80. The number of rotatable bonds is 10. The summed E-state index contributed by atoms with van der Waals surface area (Å²) in [5.74, 6) is -0.144. The van der Waals surface area contributed by atoms with E-state index >= 15 is 0 Å². The predicted octanol–water partition coefficient (Wildman–Crippen LogP) is 7.88. The number of carbonyl (C=O) groups is 2. The van der Waals surface area contributed by atoms with E-state index < -0.39 is 6.04 Å². The van der Waals surface area contributed by atoms with Crippen LogP contribution in [-0.4, -0.2) is 35.4 Å². The Morgan fingerprint density at radius 3 is 2.33 bits per heavy atom. The van der Waals surface area contributed by atoms with Crippen LogP contribution in [0, 0.1) is 0 Å². The number of nitrogens with zero attached hydrogens (tertiary/aromatic N) is 1. The zero-order valence-electron chi connectivity index (χ0n) is 21.3. The summed E-state index contributed by atoms with van der Waals surface area (Å²) >= 11 is 22.1. The fourth-order valence-electron chi connectivity index (χ4n) is 4.75. The van der Waals surface area contributed by atoms with Crippen LogP contribution in [0.1, 0.15) is 43.2 Å². The Morgan fingerprint density at radius 2 is 1.64 bits per heavy atom. The van der Waals surface area contributed by atoms with E-state index in [1.54, 1.807) is 41.3 Å². The van der Waals surface area contributed by atoms with Crippen LogP contribution in [0.15, 0.2) is 71.2 Å². The van der Waals surface area contributed by atoms with Crippen molar-refractivity contribution in [1.82, 2.24) is 10.2 Å². The third kappa shape index (κ3) is 8.62. The first-order chi connectivity index (χ1) is 18.8. The highest BCUT2D eigenvalue weighted by molar-refractivity contribution is 9.10. The smallest absolute Gasteiger partial charge is 0.261 e. The van der Waals surface area contributed by atoms with E-state index in [1.807, 2.05) is 30.3 Å². The van der Waals surface area contributed by atoms with Gasteiger partial charge < -0.3 is 15.0 Å². The van der Waals surface area contributed by atoms with E-state index in [-0.39, 0.29) is 31.0 Å². The standard InChI is InChI=1S/C30H30BrCl3N2O3/c31-22-12-14-28(26(34)17-22)39-19-29(37)36(18-21-11-13-24(32)25(33)15-21)27(16-20-7-3-1-4-8-20)30(38)35-23-9-5-2-6-10-23/h1,3-4,7-8,11-15,17,23,27H,2,5-6,9-10,16,18-19H2,(H,35,38). The number of amides is 2. The second kappa shape index (κ2) is 14.4. The van der Waals surface area contributed by atoms with Crippen molar-refractivity contribution in [2.24, 2.45) is 0 Å². The van der Waals surface area contributed by atoms with Crippen molar-refractivity contribution >= 4 is 62.5 Å². The number of hydrogen-bond acceptors (Lipinski definition) is 3. The van der Waals surface area contributed by atoms with E-state index in [2.05, 4.69) is 21.2 Å². The number of benzene rings is 3. The molecule has 3 aromatic rings. The monoisotopic (exact) mass is 650 g/mol. The zero-order valence-corrected chi connectivity index (χ0v) is 25.2. The van der Waals surface area contributed by atoms with Gasteiger partial charge in [0.15, 0.2) is 6.61 Å². The number of carbonyl (C=O) groups excluding carboxylic acids is 2. The van der Waals surface area contributed by atoms with Crippen LogP contribution in [0.2, 0.25) is 15.1 Å². The average Bonchev–Trinajstić information content (AvgIpc) is 2.93. The van der Waals surface area contributed by atoms with Crippen molar-refractivity contribution in [2.45, 2.75) is 57.2 Å². The maximum absolute atomic E-state index is 13.8. The average molecular weight is 653 g/mol. The van der Waals surface area contributed by atoms with Crippen molar-refractivity contribution in [3.05, 3.63) is 97.4 Å². The SMILES string of the molecule is O=C(NC1CCCCC1)C(Cc1ccccc1)N(Cc1ccc(Cl)c(Cl)c1)C(=O)COc1ccc(Br)cc1Cl. The Morgan fingerprint density at radius 1 is 0.897 bits per heavy atom. The molecule has 206 valence electrons. The number of hydrogen-bond donors (Lipinski definition) is 1. The molecule has 0 bridgehead atoms. The lowest BCUT2D eigenvalue weighted by Crippen LogP contribution is -2.53. The molecule has 1 aliphatic rings. The van der Waals surface area contributed by atoms with E-state index in [9.17, 15) is 9.59 Å². The molecule has 0 saturated heterocycles. The predicted molar refractivity (Wildman–Crippen MR) is 161 cm³/mol. The highest BCUT2D eigenvalue weighted by Crippen LogP contribution is 2.28. The van der Waals surface area contributed by atoms with Crippen molar-refractivity contribution in [2.75, 3.05) is 6.61 Å². The van der Waals surface area contributed by atoms with Crippen LogP contribution in [-0.2, 0) is 22.6 Å². The molecule has 1 atom stereocenters. The molecular weight excluding hydrogens is 623 g/mol. The normalized spacial score (nSPS) is 14.5. The van der Waals surface area contributed by atoms with Crippen molar-refractivity contribution in [1.29, 1.82) is 0 Å². The first-order valence-corrected chi connectivity index (χ1v) is 14.9. The van der Waals surface area contributed by atoms with Crippen molar-refractivity contribution in [3.8, 4) is 5.75 Å². The fourth-order valence-corrected chi connectivity index (χ4v) is 5.80. The molecule has 0 heterocycles. The van der Waals surface area contributed by atoms with Gasteiger partial charge in [-0.3, -0.25) is 9.59 Å². The van der Waals surface area contributed by atoms with Crippen LogP contribution in [0.4, 0.5) is 0 Å². The lowest BCUT2D eigenvalue weighted by atomic mass is 9.94.